The van der Waals surface area contributed by atoms with E-state index in [-0.39, 0.29) is 15.2 Å². The van der Waals surface area contributed by atoms with E-state index in [0.29, 0.717) is 5.25 Å². The van der Waals surface area contributed by atoms with Crippen LogP contribution in [0.4, 0.5) is 11.4 Å². The highest BCUT2D eigenvalue weighted by atomic mass is 32.1. The van der Waals surface area contributed by atoms with Gasteiger partial charge in [-0.1, -0.05) is 42.6 Å². The first-order valence-electron chi connectivity index (χ1n) is 8.93. The van der Waals surface area contributed by atoms with Gasteiger partial charge in [-0.15, -0.1) is 4.43 Å². The van der Waals surface area contributed by atoms with Crippen molar-refractivity contribution in [3.05, 3.63) is 18.2 Å². The number of hydrogen-bond acceptors (Lipinski definition) is 3. The van der Waals surface area contributed by atoms with Crippen molar-refractivity contribution in [3.8, 4) is 0 Å². The summed E-state index contributed by atoms with van der Waals surface area (Å²) in [6, 6.07) is 6.18. The highest BCUT2D eigenvalue weighted by molar-refractivity contribution is 7.80. The van der Waals surface area contributed by atoms with Crippen molar-refractivity contribution in [3.63, 3.8) is 0 Å². The maximum Gasteiger partial charge on any atom is 0.285 e. The largest absolute Gasteiger partial charge is 0.399 e. The summed E-state index contributed by atoms with van der Waals surface area (Å²) in [6.07, 6.45) is 11.3. The Balaban J connectivity index is 1.49. The Bertz CT molecular complexity index is 472. The van der Waals surface area contributed by atoms with E-state index < -0.39 is 0 Å². The molecule has 0 amide bonds. The molecule has 2 fully saturated rings. The summed E-state index contributed by atoms with van der Waals surface area (Å²) in [5.74, 6) is 1.99. The lowest BCUT2D eigenvalue weighted by molar-refractivity contribution is 0.199. The lowest BCUT2D eigenvalue weighted by Gasteiger charge is -2.37. The normalized spacial score (nSPS) is 32.6. The Hall–Kier alpha value is -0.298. The van der Waals surface area contributed by atoms with Crippen molar-refractivity contribution in [1.29, 1.82) is 0 Å². The molecule has 0 saturated heterocycles. The molecule has 0 atom stereocenters. The van der Waals surface area contributed by atoms with E-state index in [0.717, 1.165) is 28.0 Å². The molecule has 2 aliphatic carbocycles. The molecule has 0 unspecified atom stereocenters. The summed E-state index contributed by atoms with van der Waals surface area (Å²) in [5, 5.41) is 0.675. The van der Waals surface area contributed by atoms with Crippen LogP contribution in [-0.2, 0) is 0 Å². The van der Waals surface area contributed by atoms with Gasteiger partial charge < -0.3 is 11.5 Å². The van der Waals surface area contributed by atoms with Gasteiger partial charge in [-0.2, -0.15) is 12.6 Å². The van der Waals surface area contributed by atoms with Crippen LogP contribution in [-0.4, -0.2) is 20.5 Å². The van der Waals surface area contributed by atoms with Crippen molar-refractivity contribution >= 4 is 43.6 Å². The highest BCUT2D eigenvalue weighted by Crippen LogP contribution is 2.42. The topological polar surface area (TPSA) is 52.0 Å². The standard InChI is InChI=1S/C12H21S.C6H7N2.Al.H/c13-12-8-6-11(7-9-12)10-4-2-1-3-5-10;7-5-2-1-3-6(8)4-5;;/h1,10-13H,2-9H2;2-4H,7-8H2;;. The predicted octanol–water partition coefficient (Wildman–Crippen LogP) is 3.38. The lowest BCUT2D eigenvalue weighted by Crippen LogP contribution is -2.28. The van der Waals surface area contributed by atoms with Crippen LogP contribution in [0.25, 0.3) is 0 Å². The zero-order valence-electron chi connectivity index (χ0n) is 13.5. The smallest absolute Gasteiger partial charge is 0.285 e. The number of benzene rings is 1. The van der Waals surface area contributed by atoms with Crippen LogP contribution in [0, 0.1) is 11.8 Å². The molecule has 0 aromatic heterocycles. The van der Waals surface area contributed by atoms with Crippen LogP contribution in [0.15, 0.2) is 18.2 Å². The molecular formula is C18H29AlN2S. The Morgan fingerprint density at radius 1 is 0.773 bits per heavy atom. The lowest BCUT2D eigenvalue weighted by atomic mass is 9.73. The molecule has 1 aromatic rings. The molecule has 0 heterocycles. The second kappa shape index (κ2) is 7.51. The van der Waals surface area contributed by atoms with Gasteiger partial charge in [0.15, 0.2) is 0 Å². The van der Waals surface area contributed by atoms with Gasteiger partial charge in [0.25, 0.3) is 15.2 Å². The fourth-order valence-corrected chi connectivity index (χ4v) is 7.19. The van der Waals surface area contributed by atoms with E-state index in [2.05, 4.69) is 24.8 Å². The Labute approximate surface area is 146 Å². The second-order valence-corrected chi connectivity index (χ2v) is 10.7. The third-order valence-electron chi connectivity index (χ3n) is 5.86. The first-order chi connectivity index (χ1) is 10.6. The van der Waals surface area contributed by atoms with Gasteiger partial charge in [0.05, 0.1) is 0 Å². The average Bonchev–Trinajstić information content (AvgIpc) is 2.48. The van der Waals surface area contributed by atoms with Crippen molar-refractivity contribution < 1.29 is 0 Å². The van der Waals surface area contributed by atoms with E-state index in [1.54, 1.807) is 0 Å². The van der Waals surface area contributed by atoms with E-state index in [1.165, 1.54) is 55.8 Å². The van der Waals surface area contributed by atoms with E-state index in [4.69, 9.17) is 11.5 Å². The molecule has 3 rings (SSSR count). The fraction of sp³-hybridized carbons (Fsp3) is 0.667. The van der Waals surface area contributed by atoms with Gasteiger partial charge in [-0.05, 0) is 43.6 Å². The predicted molar refractivity (Wildman–Crippen MR) is 102 cm³/mol. The number of anilines is 2. The summed E-state index contributed by atoms with van der Waals surface area (Å²) in [6.45, 7) is 0. The first kappa shape index (κ1) is 16.6. The summed E-state index contributed by atoms with van der Waals surface area (Å²) in [7, 11) is 0. The molecule has 0 radical (unpaired) electrons. The molecule has 4 N–H and O–H groups in total. The van der Waals surface area contributed by atoms with Crippen molar-refractivity contribution in [1.82, 2.24) is 0 Å². The number of hydrogen-bond donors (Lipinski definition) is 3. The average molecular weight is 332 g/mol. The van der Waals surface area contributed by atoms with E-state index in [9.17, 15) is 0 Å². The molecule has 0 spiro atoms. The van der Waals surface area contributed by atoms with Crippen LogP contribution >= 0.6 is 12.6 Å². The van der Waals surface area contributed by atoms with Gasteiger partial charge in [0.2, 0.25) is 0 Å². The molecule has 4 heteroatoms. The monoisotopic (exact) mass is 332 g/mol. The number of nitrogens with two attached hydrogens (primary N) is 2. The minimum atomic E-state index is -0.232. The minimum absolute atomic E-state index is 0.232. The summed E-state index contributed by atoms with van der Waals surface area (Å²) >= 11 is 4.41. The zero-order chi connectivity index (χ0) is 15.5. The molecule has 0 aliphatic heterocycles. The quantitative estimate of drug-likeness (QED) is 0.451. The number of nitrogen functional groups attached to an aromatic ring is 2. The molecule has 1 aromatic carbocycles. The molecule has 22 heavy (non-hydrogen) atoms. The van der Waals surface area contributed by atoms with Crippen LogP contribution < -0.4 is 15.9 Å². The van der Waals surface area contributed by atoms with E-state index >= 15 is 0 Å². The third kappa shape index (κ3) is 4.37. The number of rotatable bonds is 3. The van der Waals surface area contributed by atoms with Gasteiger partial charge in [0, 0.05) is 16.6 Å². The SMILES string of the molecule is Nc1cc(N)c[c]([AlH][CH]2CCC(C3CCC(S)CC3)CC2)c1. The maximum atomic E-state index is 5.93. The van der Waals surface area contributed by atoms with Crippen molar-refractivity contribution in [2.75, 3.05) is 11.5 Å². The second-order valence-electron chi connectivity index (χ2n) is 7.56. The van der Waals surface area contributed by atoms with Crippen LogP contribution in [0.3, 0.4) is 0 Å². The fourth-order valence-electron chi connectivity index (χ4n) is 4.63. The Kier molecular flexibility index (Phi) is 5.66. The van der Waals surface area contributed by atoms with Gasteiger partial charge in [-0.3, -0.25) is 0 Å². The Morgan fingerprint density at radius 2 is 1.27 bits per heavy atom. The van der Waals surface area contributed by atoms with Gasteiger partial charge >= 0.3 is 0 Å². The summed E-state index contributed by atoms with van der Waals surface area (Å²) < 4.78 is 2.41. The van der Waals surface area contributed by atoms with E-state index in [1.807, 2.05) is 6.07 Å². The molecule has 120 valence electrons. The maximum absolute atomic E-state index is 5.93. The zero-order valence-corrected chi connectivity index (χ0v) is 15.8. The van der Waals surface area contributed by atoms with Crippen LogP contribution in [0.1, 0.15) is 51.4 Å². The Morgan fingerprint density at radius 3 is 1.82 bits per heavy atom. The van der Waals surface area contributed by atoms with Gasteiger partial charge in [-0.25, -0.2) is 0 Å². The molecular weight excluding hydrogens is 303 g/mol. The molecule has 2 aliphatic rings. The summed E-state index contributed by atoms with van der Waals surface area (Å²) in [5.41, 5.74) is 13.5. The molecule has 0 bridgehead atoms. The highest BCUT2D eigenvalue weighted by Gasteiger charge is 2.30. The first-order valence-corrected chi connectivity index (χ1v) is 11.0. The van der Waals surface area contributed by atoms with Gasteiger partial charge in [0.1, 0.15) is 0 Å². The van der Waals surface area contributed by atoms with Crippen LogP contribution in [0.2, 0.25) is 4.78 Å². The molecule has 2 nitrogen and oxygen atoms in total. The van der Waals surface area contributed by atoms with Crippen LogP contribution in [0.5, 0.6) is 0 Å². The van der Waals surface area contributed by atoms with Crippen molar-refractivity contribution in [2.24, 2.45) is 11.8 Å². The molecule has 2 saturated carbocycles. The van der Waals surface area contributed by atoms with Crippen molar-refractivity contribution in [2.45, 2.75) is 61.4 Å². The third-order valence-corrected chi connectivity index (χ3v) is 8.65. The summed E-state index contributed by atoms with van der Waals surface area (Å²) in [4.78, 5) is 0. The minimum Gasteiger partial charge on any atom is -0.399 e. The number of thiol groups is 1.